The van der Waals surface area contributed by atoms with E-state index in [0.717, 1.165) is 42.4 Å². The highest BCUT2D eigenvalue weighted by Gasteiger charge is 2.40. The van der Waals surface area contributed by atoms with Crippen molar-refractivity contribution < 1.29 is 9.53 Å². The van der Waals surface area contributed by atoms with E-state index in [9.17, 15) is 9.59 Å². The van der Waals surface area contributed by atoms with Crippen LogP contribution in [0.1, 0.15) is 64.0 Å². The van der Waals surface area contributed by atoms with Crippen LogP contribution < -0.4 is 5.69 Å². The van der Waals surface area contributed by atoms with Crippen molar-refractivity contribution in [3.63, 3.8) is 0 Å². The van der Waals surface area contributed by atoms with Gasteiger partial charge in [0.25, 0.3) is 0 Å². The summed E-state index contributed by atoms with van der Waals surface area (Å²) in [7, 11) is 1.63. The second-order valence-electron chi connectivity index (χ2n) is 10.3. The molecule has 0 amide bonds. The Labute approximate surface area is 211 Å². The van der Waals surface area contributed by atoms with Crippen molar-refractivity contribution in [3.8, 4) is 22.8 Å². The SMILES string of the molecule is COC1(C(=O)CCc2ccc(Cl)c(-c3nc(-c4cccc(C(C)(C)C)c4)nc(=O)[nH]3)c2)CCCC1. The van der Waals surface area contributed by atoms with Crippen molar-refractivity contribution in [1.82, 2.24) is 15.0 Å². The Morgan fingerprint density at radius 1 is 1.11 bits per heavy atom. The zero-order valence-corrected chi connectivity index (χ0v) is 21.5. The lowest BCUT2D eigenvalue weighted by Crippen LogP contribution is -2.37. The van der Waals surface area contributed by atoms with Crippen LogP contribution in [0.15, 0.2) is 47.3 Å². The van der Waals surface area contributed by atoms with Crippen molar-refractivity contribution in [3.05, 3.63) is 69.1 Å². The number of ketones is 1. The molecule has 0 unspecified atom stereocenters. The van der Waals surface area contributed by atoms with Gasteiger partial charge in [-0.05, 0) is 66.8 Å². The first-order valence-corrected chi connectivity index (χ1v) is 12.5. The maximum atomic E-state index is 12.9. The number of hydrogen-bond acceptors (Lipinski definition) is 5. The predicted octanol–water partition coefficient (Wildman–Crippen LogP) is 5.91. The van der Waals surface area contributed by atoms with Crippen LogP contribution in [0.25, 0.3) is 22.8 Å². The number of methoxy groups -OCH3 is 1. The Morgan fingerprint density at radius 3 is 2.54 bits per heavy atom. The van der Waals surface area contributed by atoms with E-state index in [1.54, 1.807) is 13.2 Å². The minimum atomic E-state index is -0.635. The van der Waals surface area contributed by atoms with E-state index < -0.39 is 11.3 Å². The molecule has 1 aliphatic carbocycles. The standard InChI is InChI=1S/C28H32ClN3O3/c1-27(2,3)20-9-7-8-19(17-20)24-30-25(32-26(34)31-24)21-16-18(10-12-22(21)29)11-13-23(33)28(35-4)14-5-6-15-28/h7-10,12,16-17H,5-6,11,13-15H2,1-4H3,(H,30,31,32,34). The first-order chi connectivity index (χ1) is 16.6. The Morgan fingerprint density at radius 2 is 1.86 bits per heavy atom. The molecule has 1 aromatic heterocycles. The van der Waals surface area contributed by atoms with Crippen LogP contribution in [-0.2, 0) is 21.4 Å². The van der Waals surface area contributed by atoms with Crippen LogP contribution >= 0.6 is 11.6 Å². The van der Waals surface area contributed by atoms with Gasteiger partial charge in [-0.15, -0.1) is 0 Å². The second kappa shape index (κ2) is 10.0. The van der Waals surface area contributed by atoms with Crippen molar-refractivity contribution in [2.24, 2.45) is 0 Å². The largest absolute Gasteiger partial charge is 0.370 e. The molecule has 2 aromatic carbocycles. The number of rotatable bonds is 7. The Kier molecular flexibility index (Phi) is 7.25. The lowest BCUT2D eigenvalue weighted by atomic mass is 9.86. The highest BCUT2D eigenvalue weighted by Crippen LogP contribution is 2.35. The number of benzene rings is 2. The van der Waals surface area contributed by atoms with Crippen molar-refractivity contribution in [1.29, 1.82) is 0 Å². The number of aryl methyl sites for hydroxylation is 1. The van der Waals surface area contributed by atoms with Gasteiger partial charge in [0.1, 0.15) is 11.4 Å². The third kappa shape index (κ3) is 5.54. The fourth-order valence-electron chi connectivity index (χ4n) is 4.70. The van der Waals surface area contributed by atoms with E-state index in [1.807, 2.05) is 30.3 Å². The smallest absolute Gasteiger partial charge is 0.348 e. The highest BCUT2D eigenvalue weighted by molar-refractivity contribution is 6.33. The monoisotopic (exact) mass is 493 g/mol. The molecule has 0 aliphatic heterocycles. The van der Waals surface area contributed by atoms with Gasteiger partial charge in [-0.3, -0.25) is 9.78 Å². The van der Waals surface area contributed by atoms with Gasteiger partial charge in [-0.2, -0.15) is 4.98 Å². The molecule has 6 nitrogen and oxygen atoms in total. The minimum Gasteiger partial charge on any atom is -0.370 e. The number of Topliss-reactive ketones (excluding diaryl/α,β-unsaturated/α-hetero) is 1. The van der Waals surface area contributed by atoms with E-state index >= 15 is 0 Å². The summed E-state index contributed by atoms with van der Waals surface area (Å²) < 4.78 is 5.63. The second-order valence-corrected chi connectivity index (χ2v) is 10.7. The number of hydrogen-bond donors (Lipinski definition) is 1. The summed E-state index contributed by atoms with van der Waals surface area (Å²) in [5.74, 6) is 0.837. The molecule has 0 saturated heterocycles. The van der Waals surface area contributed by atoms with Gasteiger partial charge in [0.15, 0.2) is 11.6 Å². The number of ether oxygens (including phenoxy) is 1. The van der Waals surface area contributed by atoms with Crippen LogP contribution in [0, 0.1) is 0 Å². The molecule has 0 spiro atoms. The van der Waals surface area contributed by atoms with Crippen LogP contribution in [0.2, 0.25) is 5.02 Å². The summed E-state index contributed by atoms with van der Waals surface area (Å²) in [5, 5.41) is 0.466. The Hall–Kier alpha value is -2.83. The number of aromatic amines is 1. The quantitative estimate of drug-likeness (QED) is 0.442. The van der Waals surface area contributed by atoms with Crippen LogP contribution in [0.3, 0.4) is 0 Å². The molecule has 1 N–H and O–H groups in total. The van der Waals surface area contributed by atoms with Gasteiger partial charge in [0.2, 0.25) is 0 Å². The van der Waals surface area contributed by atoms with Gasteiger partial charge in [0.05, 0.1) is 5.02 Å². The van der Waals surface area contributed by atoms with Crippen LogP contribution in [0.4, 0.5) is 0 Å². The highest BCUT2D eigenvalue weighted by atomic mass is 35.5. The van der Waals surface area contributed by atoms with Gasteiger partial charge < -0.3 is 4.74 Å². The van der Waals surface area contributed by atoms with E-state index in [0.29, 0.717) is 35.1 Å². The van der Waals surface area contributed by atoms with Gasteiger partial charge in [0, 0.05) is 24.7 Å². The summed E-state index contributed by atoms with van der Waals surface area (Å²) in [6, 6.07) is 13.5. The number of carbonyl (C=O) groups is 1. The number of nitrogens with one attached hydrogen (secondary N) is 1. The maximum Gasteiger partial charge on any atom is 0.348 e. The first kappa shape index (κ1) is 25.3. The molecule has 0 bridgehead atoms. The summed E-state index contributed by atoms with van der Waals surface area (Å²) >= 11 is 6.51. The van der Waals surface area contributed by atoms with Crippen molar-refractivity contribution in [2.75, 3.05) is 7.11 Å². The molecule has 3 aromatic rings. The average Bonchev–Trinajstić information content (AvgIpc) is 3.33. The molecule has 0 atom stereocenters. The summed E-state index contributed by atoms with van der Waals surface area (Å²) in [6.07, 6.45) is 4.56. The molecule has 1 saturated carbocycles. The predicted molar refractivity (Wildman–Crippen MR) is 139 cm³/mol. The molecule has 1 aliphatic rings. The van der Waals surface area contributed by atoms with E-state index in [4.69, 9.17) is 16.3 Å². The fraction of sp³-hybridized carbons (Fsp3) is 0.429. The Bertz CT molecular complexity index is 1290. The number of halogens is 1. The number of carbonyl (C=O) groups excluding carboxylic acids is 1. The zero-order valence-electron chi connectivity index (χ0n) is 20.8. The lowest BCUT2D eigenvalue weighted by molar-refractivity contribution is -0.140. The van der Waals surface area contributed by atoms with Crippen LogP contribution in [-0.4, -0.2) is 33.4 Å². The van der Waals surface area contributed by atoms with Gasteiger partial charge in [-0.25, -0.2) is 9.78 Å². The zero-order chi connectivity index (χ0) is 25.2. The molecule has 35 heavy (non-hydrogen) atoms. The number of aromatic nitrogens is 3. The van der Waals surface area contributed by atoms with E-state index in [-0.39, 0.29) is 11.2 Å². The third-order valence-corrected chi connectivity index (χ3v) is 7.20. The normalized spacial score (nSPS) is 15.3. The van der Waals surface area contributed by atoms with Crippen LogP contribution in [0.5, 0.6) is 0 Å². The minimum absolute atomic E-state index is 0.0466. The Balaban J connectivity index is 1.62. The summed E-state index contributed by atoms with van der Waals surface area (Å²) in [5.41, 5.74) is 2.26. The van der Waals surface area contributed by atoms with Crippen molar-refractivity contribution in [2.45, 2.75) is 70.3 Å². The molecule has 7 heteroatoms. The molecule has 184 valence electrons. The molecule has 1 heterocycles. The number of nitrogens with zero attached hydrogens (tertiary/aromatic N) is 2. The maximum absolute atomic E-state index is 12.9. The molecular weight excluding hydrogens is 462 g/mol. The molecule has 1 fully saturated rings. The number of H-pyrrole nitrogens is 1. The molecule has 4 rings (SSSR count). The fourth-order valence-corrected chi connectivity index (χ4v) is 4.91. The van der Waals surface area contributed by atoms with E-state index in [1.165, 1.54) is 0 Å². The lowest BCUT2D eigenvalue weighted by Gasteiger charge is -2.25. The molecular formula is C28H32ClN3O3. The molecule has 0 radical (unpaired) electrons. The van der Waals surface area contributed by atoms with Crippen molar-refractivity contribution >= 4 is 17.4 Å². The first-order valence-electron chi connectivity index (χ1n) is 12.1. The summed E-state index contributed by atoms with van der Waals surface area (Å²) in [6.45, 7) is 6.40. The van der Waals surface area contributed by atoms with E-state index in [2.05, 4.69) is 41.8 Å². The summed E-state index contributed by atoms with van der Waals surface area (Å²) in [4.78, 5) is 36.8. The average molecular weight is 494 g/mol. The van der Waals surface area contributed by atoms with Gasteiger partial charge in [-0.1, -0.05) is 56.6 Å². The third-order valence-electron chi connectivity index (χ3n) is 6.87. The topological polar surface area (TPSA) is 84.9 Å². The van der Waals surface area contributed by atoms with Gasteiger partial charge >= 0.3 is 5.69 Å².